The Balaban J connectivity index is 1.85. The van der Waals surface area contributed by atoms with Gasteiger partial charge < -0.3 is 10.6 Å². The zero-order chi connectivity index (χ0) is 12.1. The summed E-state index contributed by atoms with van der Waals surface area (Å²) in [5.41, 5.74) is 5.62. The molecule has 2 aliphatic rings. The molecule has 1 saturated carbocycles. The largest absolute Gasteiger partial charge is 0.342 e. The van der Waals surface area contributed by atoms with E-state index < -0.39 is 0 Å². The van der Waals surface area contributed by atoms with E-state index >= 15 is 0 Å². The zero-order valence-electron chi connectivity index (χ0n) is 10.9. The minimum atomic E-state index is 0.334. The van der Waals surface area contributed by atoms with Crippen molar-refractivity contribution in [2.75, 3.05) is 19.6 Å². The second kappa shape index (κ2) is 6.39. The Labute approximate surface area is 105 Å². The molecule has 0 aromatic rings. The predicted molar refractivity (Wildman–Crippen MR) is 69.6 cm³/mol. The third-order valence-corrected chi connectivity index (χ3v) is 4.36. The van der Waals surface area contributed by atoms with Crippen molar-refractivity contribution in [2.45, 2.75) is 51.4 Å². The molecule has 0 bridgehead atoms. The molecule has 1 unspecified atom stereocenters. The molecule has 17 heavy (non-hydrogen) atoms. The summed E-state index contributed by atoms with van der Waals surface area (Å²) >= 11 is 0. The molecule has 3 nitrogen and oxygen atoms in total. The van der Waals surface area contributed by atoms with E-state index in [4.69, 9.17) is 5.73 Å². The van der Waals surface area contributed by atoms with Gasteiger partial charge in [0.15, 0.2) is 0 Å². The number of nitrogens with zero attached hydrogens (tertiary/aromatic N) is 1. The van der Waals surface area contributed by atoms with Crippen LogP contribution in [-0.2, 0) is 4.79 Å². The van der Waals surface area contributed by atoms with Crippen LogP contribution in [-0.4, -0.2) is 30.4 Å². The number of hydrogen-bond acceptors (Lipinski definition) is 2. The standard InChI is InChI=1S/C14H26N2O/c15-9-8-12-5-4-10-16(11-12)14(17)13-6-2-1-3-7-13/h12-13H,1-11,15H2. The highest BCUT2D eigenvalue weighted by Gasteiger charge is 2.29. The quantitative estimate of drug-likeness (QED) is 0.819. The van der Waals surface area contributed by atoms with Crippen molar-refractivity contribution in [3.63, 3.8) is 0 Å². The predicted octanol–water partition coefficient (Wildman–Crippen LogP) is 2.15. The minimum absolute atomic E-state index is 0.334. The monoisotopic (exact) mass is 238 g/mol. The highest BCUT2D eigenvalue weighted by Crippen LogP contribution is 2.28. The number of amides is 1. The number of nitrogens with two attached hydrogens (primary N) is 1. The van der Waals surface area contributed by atoms with Crippen LogP contribution < -0.4 is 5.73 Å². The molecule has 2 fully saturated rings. The molecule has 1 aliphatic carbocycles. The molecule has 1 aliphatic heterocycles. The molecule has 2 rings (SSSR count). The van der Waals surface area contributed by atoms with E-state index in [0.717, 1.165) is 38.9 Å². The van der Waals surface area contributed by atoms with Crippen molar-refractivity contribution in [1.82, 2.24) is 4.90 Å². The first-order valence-electron chi connectivity index (χ1n) is 7.30. The Bertz CT molecular complexity index is 247. The van der Waals surface area contributed by atoms with Gasteiger partial charge in [0, 0.05) is 19.0 Å². The SMILES string of the molecule is NCCC1CCCN(C(=O)C2CCCCC2)C1. The lowest BCUT2D eigenvalue weighted by Gasteiger charge is -2.35. The average Bonchev–Trinajstić information content (AvgIpc) is 2.40. The lowest BCUT2D eigenvalue weighted by molar-refractivity contribution is -0.138. The topological polar surface area (TPSA) is 46.3 Å². The highest BCUT2D eigenvalue weighted by atomic mass is 16.2. The maximum absolute atomic E-state index is 12.4. The van der Waals surface area contributed by atoms with Gasteiger partial charge in [-0.15, -0.1) is 0 Å². The smallest absolute Gasteiger partial charge is 0.225 e. The highest BCUT2D eigenvalue weighted by molar-refractivity contribution is 5.79. The minimum Gasteiger partial charge on any atom is -0.342 e. The van der Waals surface area contributed by atoms with Crippen LogP contribution in [0.3, 0.4) is 0 Å². The van der Waals surface area contributed by atoms with Gasteiger partial charge in [-0.1, -0.05) is 19.3 Å². The van der Waals surface area contributed by atoms with Crippen LogP contribution in [0.15, 0.2) is 0 Å². The fourth-order valence-corrected chi connectivity index (χ4v) is 3.34. The average molecular weight is 238 g/mol. The molecule has 1 saturated heterocycles. The third kappa shape index (κ3) is 3.44. The Kier molecular flexibility index (Phi) is 4.84. The fraction of sp³-hybridized carbons (Fsp3) is 0.929. The Morgan fingerprint density at radius 3 is 2.59 bits per heavy atom. The first-order valence-corrected chi connectivity index (χ1v) is 7.30. The molecule has 0 spiro atoms. The Morgan fingerprint density at radius 2 is 1.88 bits per heavy atom. The Hall–Kier alpha value is -0.570. The van der Waals surface area contributed by atoms with Crippen molar-refractivity contribution >= 4 is 5.91 Å². The summed E-state index contributed by atoms with van der Waals surface area (Å²) in [5, 5.41) is 0. The second-order valence-electron chi connectivity index (χ2n) is 5.70. The van der Waals surface area contributed by atoms with Gasteiger partial charge in [0.2, 0.25) is 5.91 Å². The van der Waals surface area contributed by atoms with Gasteiger partial charge in [0.1, 0.15) is 0 Å². The summed E-state index contributed by atoms with van der Waals surface area (Å²) in [5.74, 6) is 1.42. The van der Waals surface area contributed by atoms with Gasteiger partial charge in [0.25, 0.3) is 0 Å². The first-order chi connectivity index (χ1) is 8.31. The van der Waals surface area contributed by atoms with Gasteiger partial charge in [-0.05, 0) is 44.6 Å². The van der Waals surface area contributed by atoms with Crippen molar-refractivity contribution < 1.29 is 4.79 Å². The molecule has 1 atom stereocenters. The molecular weight excluding hydrogens is 212 g/mol. The van der Waals surface area contributed by atoms with E-state index in [1.54, 1.807) is 0 Å². The molecule has 1 amide bonds. The Morgan fingerprint density at radius 1 is 1.12 bits per heavy atom. The van der Waals surface area contributed by atoms with Crippen LogP contribution in [0.2, 0.25) is 0 Å². The van der Waals surface area contributed by atoms with Crippen molar-refractivity contribution in [2.24, 2.45) is 17.6 Å². The molecule has 3 heteroatoms. The van der Waals surface area contributed by atoms with E-state index in [1.807, 2.05) is 0 Å². The van der Waals surface area contributed by atoms with Gasteiger partial charge in [-0.25, -0.2) is 0 Å². The molecular formula is C14H26N2O. The molecule has 1 heterocycles. The summed E-state index contributed by atoms with van der Waals surface area (Å²) in [4.78, 5) is 14.5. The molecule has 0 radical (unpaired) electrons. The zero-order valence-corrected chi connectivity index (χ0v) is 10.9. The first kappa shape index (κ1) is 12.9. The molecule has 2 N–H and O–H groups in total. The lowest BCUT2D eigenvalue weighted by atomic mass is 9.87. The number of piperidine rings is 1. The van der Waals surface area contributed by atoms with Crippen LogP contribution in [0.4, 0.5) is 0 Å². The van der Waals surface area contributed by atoms with Crippen molar-refractivity contribution in [1.29, 1.82) is 0 Å². The van der Waals surface area contributed by atoms with Crippen LogP contribution in [0.25, 0.3) is 0 Å². The van der Waals surface area contributed by atoms with Crippen molar-refractivity contribution in [3.8, 4) is 0 Å². The summed E-state index contributed by atoms with van der Waals surface area (Å²) < 4.78 is 0. The molecule has 98 valence electrons. The number of rotatable bonds is 3. The lowest BCUT2D eigenvalue weighted by Crippen LogP contribution is -2.43. The summed E-state index contributed by atoms with van der Waals surface area (Å²) in [6, 6.07) is 0. The van der Waals surface area contributed by atoms with Crippen molar-refractivity contribution in [3.05, 3.63) is 0 Å². The van der Waals surface area contributed by atoms with Crippen LogP contribution in [0.1, 0.15) is 51.4 Å². The van der Waals surface area contributed by atoms with Gasteiger partial charge in [0.05, 0.1) is 0 Å². The second-order valence-corrected chi connectivity index (χ2v) is 5.70. The van der Waals surface area contributed by atoms with E-state index in [1.165, 1.54) is 32.1 Å². The maximum atomic E-state index is 12.4. The van der Waals surface area contributed by atoms with E-state index in [9.17, 15) is 4.79 Å². The number of carbonyl (C=O) groups excluding carboxylic acids is 1. The number of likely N-dealkylation sites (tertiary alicyclic amines) is 1. The summed E-state index contributed by atoms with van der Waals surface area (Å²) in [6.45, 7) is 2.71. The van der Waals surface area contributed by atoms with Crippen LogP contribution >= 0.6 is 0 Å². The third-order valence-electron chi connectivity index (χ3n) is 4.36. The van der Waals surface area contributed by atoms with E-state index in [0.29, 0.717) is 17.7 Å². The van der Waals surface area contributed by atoms with Gasteiger partial charge >= 0.3 is 0 Å². The number of hydrogen-bond donors (Lipinski definition) is 1. The summed E-state index contributed by atoms with van der Waals surface area (Å²) in [7, 11) is 0. The van der Waals surface area contributed by atoms with Gasteiger partial charge in [-0.3, -0.25) is 4.79 Å². The molecule has 0 aromatic heterocycles. The van der Waals surface area contributed by atoms with E-state index in [2.05, 4.69) is 4.90 Å². The maximum Gasteiger partial charge on any atom is 0.225 e. The fourth-order valence-electron chi connectivity index (χ4n) is 3.34. The molecule has 0 aromatic carbocycles. The van der Waals surface area contributed by atoms with Gasteiger partial charge in [-0.2, -0.15) is 0 Å². The van der Waals surface area contributed by atoms with E-state index in [-0.39, 0.29) is 0 Å². The summed E-state index contributed by atoms with van der Waals surface area (Å²) in [6.07, 6.45) is 9.56. The van der Waals surface area contributed by atoms with Crippen LogP contribution in [0.5, 0.6) is 0 Å². The van der Waals surface area contributed by atoms with Crippen LogP contribution in [0, 0.1) is 11.8 Å². The number of carbonyl (C=O) groups is 1. The normalized spacial score (nSPS) is 27.1.